The second-order valence-electron chi connectivity index (χ2n) is 8.36. The van der Waals surface area contributed by atoms with E-state index < -0.39 is 17.5 Å². The van der Waals surface area contributed by atoms with Gasteiger partial charge in [-0.2, -0.15) is 0 Å². The summed E-state index contributed by atoms with van der Waals surface area (Å²) >= 11 is 0. The zero-order valence-electron chi connectivity index (χ0n) is 19.2. The lowest BCUT2D eigenvalue weighted by molar-refractivity contribution is 0.321. The van der Waals surface area contributed by atoms with Gasteiger partial charge in [0, 0.05) is 11.1 Å². The zero-order chi connectivity index (χ0) is 24.1. The summed E-state index contributed by atoms with van der Waals surface area (Å²) in [6.07, 6.45) is 9.62. The quantitative estimate of drug-likeness (QED) is 0.253. The average molecular weight is 461 g/mol. The van der Waals surface area contributed by atoms with Crippen LogP contribution < -0.4 is 4.74 Å². The molecule has 0 aromatic heterocycles. The van der Waals surface area contributed by atoms with Gasteiger partial charge in [0.15, 0.2) is 23.2 Å². The third-order valence-electron chi connectivity index (χ3n) is 6.17. The van der Waals surface area contributed by atoms with Crippen LogP contribution in [0.15, 0.2) is 73.3 Å². The first-order valence-electron chi connectivity index (χ1n) is 11.5. The van der Waals surface area contributed by atoms with Gasteiger partial charge in [0.25, 0.3) is 0 Å². The van der Waals surface area contributed by atoms with Crippen LogP contribution in [0.25, 0.3) is 28.9 Å². The highest BCUT2D eigenvalue weighted by Crippen LogP contribution is 2.33. The highest BCUT2D eigenvalue weighted by molar-refractivity contribution is 5.74. The van der Waals surface area contributed by atoms with Crippen molar-refractivity contribution in [1.82, 2.24) is 0 Å². The van der Waals surface area contributed by atoms with Crippen LogP contribution in [-0.2, 0) is 0 Å². The topological polar surface area (TPSA) is 9.23 Å². The predicted molar refractivity (Wildman–Crippen MR) is 134 cm³/mol. The Morgan fingerprint density at radius 2 is 1.71 bits per heavy atom. The molecule has 0 saturated heterocycles. The fourth-order valence-corrected chi connectivity index (χ4v) is 4.18. The molecule has 1 aliphatic carbocycles. The molecule has 0 bridgehead atoms. The third kappa shape index (κ3) is 5.17. The van der Waals surface area contributed by atoms with Gasteiger partial charge in [-0.3, -0.25) is 0 Å². The second-order valence-corrected chi connectivity index (χ2v) is 8.36. The van der Waals surface area contributed by atoms with E-state index in [1.807, 2.05) is 36.4 Å². The number of hydrogen-bond acceptors (Lipinski definition) is 1. The Morgan fingerprint density at radius 3 is 2.35 bits per heavy atom. The first-order chi connectivity index (χ1) is 16.5. The van der Waals surface area contributed by atoms with Gasteiger partial charge < -0.3 is 4.74 Å². The summed E-state index contributed by atoms with van der Waals surface area (Å²) < 4.78 is 48.9. The van der Waals surface area contributed by atoms with E-state index in [4.69, 9.17) is 4.74 Å². The van der Waals surface area contributed by atoms with Crippen LogP contribution in [0.2, 0.25) is 0 Å². The van der Waals surface area contributed by atoms with E-state index in [0.717, 1.165) is 35.1 Å². The van der Waals surface area contributed by atoms with E-state index in [9.17, 15) is 13.2 Å². The maximum Gasteiger partial charge on any atom is 0.166 e. The SMILES string of the molecule is C=CC1CC=C(c2ccc(C=Cc3ccc(-c4ccc(OCC)c(F)c4)cc3)c(F)c2F)CC1. The summed E-state index contributed by atoms with van der Waals surface area (Å²) in [5.41, 5.74) is 3.79. The molecule has 0 amide bonds. The van der Waals surface area contributed by atoms with Crippen LogP contribution >= 0.6 is 0 Å². The molecule has 34 heavy (non-hydrogen) atoms. The minimum Gasteiger partial charge on any atom is -0.491 e. The van der Waals surface area contributed by atoms with Crippen molar-refractivity contribution in [3.8, 4) is 16.9 Å². The lowest BCUT2D eigenvalue weighted by Crippen LogP contribution is -2.04. The molecule has 4 rings (SSSR count). The standard InChI is InChI=1S/C30H27F3O/c1-3-20-5-12-23(13-6-20)26-17-15-24(29(32)30(26)33)14-9-21-7-10-22(11-8-21)25-16-18-28(34-4-2)27(31)19-25/h3,7-12,14-20H,1,4-6,13H2,2H3. The Hall–Kier alpha value is -3.53. The Morgan fingerprint density at radius 1 is 0.941 bits per heavy atom. The van der Waals surface area contributed by atoms with Crippen LogP contribution in [-0.4, -0.2) is 6.61 Å². The van der Waals surface area contributed by atoms with Crippen molar-refractivity contribution < 1.29 is 17.9 Å². The Kier molecular flexibility index (Phi) is 7.36. The summed E-state index contributed by atoms with van der Waals surface area (Å²) in [5, 5.41) is 0. The van der Waals surface area contributed by atoms with Gasteiger partial charge in [-0.05, 0) is 66.5 Å². The van der Waals surface area contributed by atoms with Gasteiger partial charge in [0.1, 0.15) is 0 Å². The molecule has 0 aliphatic heterocycles. The average Bonchev–Trinajstić information content (AvgIpc) is 2.87. The van der Waals surface area contributed by atoms with E-state index in [2.05, 4.69) is 6.58 Å². The Bertz CT molecular complexity index is 1240. The van der Waals surface area contributed by atoms with Crippen LogP contribution in [0.4, 0.5) is 13.2 Å². The summed E-state index contributed by atoms with van der Waals surface area (Å²) in [6, 6.07) is 15.6. The van der Waals surface area contributed by atoms with Crippen molar-refractivity contribution >= 4 is 17.7 Å². The predicted octanol–water partition coefficient (Wildman–Crippen LogP) is 8.71. The van der Waals surface area contributed by atoms with Gasteiger partial charge in [-0.15, -0.1) is 6.58 Å². The lowest BCUT2D eigenvalue weighted by atomic mass is 9.86. The van der Waals surface area contributed by atoms with E-state index in [1.54, 1.807) is 43.3 Å². The van der Waals surface area contributed by atoms with E-state index in [0.29, 0.717) is 24.5 Å². The molecule has 1 aliphatic rings. The van der Waals surface area contributed by atoms with Crippen molar-refractivity contribution in [2.45, 2.75) is 26.2 Å². The zero-order valence-corrected chi connectivity index (χ0v) is 19.2. The molecule has 0 N–H and O–H groups in total. The first-order valence-corrected chi connectivity index (χ1v) is 11.5. The minimum absolute atomic E-state index is 0.194. The number of ether oxygens (including phenoxy) is 1. The number of hydrogen-bond donors (Lipinski definition) is 0. The molecule has 0 radical (unpaired) electrons. The fourth-order valence-electron chi connectivity index (χ4n) is 4.18. The minimum atomic E-state index is -0.845. The monoisotopic (exact) mass is 460 g/mol. The Balaban J connectivity index is 1.49. The first kappa shape index (κ1) is 23.6. The normalized spacial score (nSPS) is 15.9. The van der Waals surface area contributed by atoms with Crippen molar-refractivity contribution in [2.24, 2.45) is 5.92 Å². The molecule has 0 spiro atoms. The number of rotatable bonds is 7. The van der Waals surface area contributed by atoms with Crippen LogP contribution in [0.1, 0.15) is 42.9 Å². The molecule has 0 saturated carbocycles. The van der Waals surface area contributed by atoms with Crippen LogP contribution in [0.5, 0.6) is 5.75 Å². The van der Waals surface area contributed by atoms with Crippen LogP contribution in [0, 0.1) is 23.4 Å². The smallest absolute Gasteiger partial charge is 0.166 e. The molecule has 1 unspecified atom stereocenters. The molecule has 1 atom stereocenters. The van der Waals surface area contributed by atoms with Crippen molar-refractivity contribution in [1.29, 1.82) is 0 Å². The summed E-state index contributed by atoms with van der Waals surface area (Å²) in [4.78, 5) is 0. The molecule has 0 fully saturated rings. The Labute approximate surface area is 198 Å². The van der Waals surface area contributed by atoms with Gasteiger partial charge in [0.2, 0.25) is 0 Å². The molecule has 4 heteroatoms. The molecule has 3 aromatic rings. The van der Waals surface area contributed by atoms with E-state index in [-0.39, 0.29) is 11.3 Å². The number of allylic oxidation sites excluding steroid dienone is 3. The number of halogens is 3. The van der Waals surface area contributed by atoms with Gasteiger partial charge in [-0.1, -0.05) is 66.8 Å². The summed E-state index contributed by atoms with van der Waals surface area (Å²) in [7, 11) is 0. The summed E-state index contributed by atoms with van der Waals surface area (Å²) in [5.74, 6) is -1.43. The highest BCUT2D eigenvalue weighted by Gasteiger charge is 2.19. The lowest BCUT2D eigenvalue weighted by Gasteiger charge is -2.19. The molecule has 0 heterocycles. The van der Waals surface area contributed by atoms with Crippen LogP contribution in [0.3, 0.4) is 0 Å². The third-order valence-corrected chi connectivity index (χ3v) is 6.17. The van der Waals surface area contributed by atoms with Crippen molar-refractivity contribution in [3.05, 3.63) is 107 Å². The van der Waals surface area contributed by atoms with Gasteiger partial charge in [-0.25, -0.2) is 13.2 Å². The number of benzene rings is 3. The molecule has 174 valence electrons. The van der Waals surface area contributed by atoms with E-state index in [1.165, 1.54) is 6.07 Å². The summed E-state index contributed by atoms with van der Waals surface area (Å²) in [6.45, 7) is 6.02. The largest absolute Gasteiger partial charge is 0.491 e. The second kappa shape index (κ2) is 10.6. The van der Waals surface area contributed by atoms with E-state index >= 15 is 0 Å². The van der Waals surface area contributed by atoms with Gasteiger partial charge in [0.05, 0.1) is 6.61 Å². The highest BCUT2D eigenvalue weighted by atomic mass is 19.2. The molecule has 1 nitrogen and oxygen atoms in total. The van der Waals surface area contributed by atoms with Gasteiger partial charge >= 0.3 is 0 Å². The molecular formula is C30H27F3O. The fraction of sp³-hybridized carbons (Fsp3) is 0.200. The maximum absolute atomic E-state index is 14.8. The van der Waals surface area contributed by atoms with Crippen molar-refractivity contribution in [2.75, 3.05) is 6.61 Å². The van der Waals surface area contributed by atoms with Crippen molar-refractivity contribution in [3.63, 3.8) is 0 Å². The molecular weight excluding hydrogens is 433 g/mol. The maximum atomic E-state index is 14.8. The molecule has 3 aromatic carbocycles.